The number of carbonyl (C=O) groups is 1. The highest BCUT2D eigenvalue weighted by atomic mass is 32.2. The number of nitro benzene ring substituents is 1. The first-order valence-corrected chi connectivity index (χ1v) is 10.7. The minimum atomic E-state index is -0.507. The first-order chi connectivity index (χ1) is 14.9. The van der Waals surface area contributed by atoms with Gasteiger partial charge < -0.3 is 14.6 Å². The van der Waals surface area contributed by atoms with Crippen LogP contribution in [0.3, 0.4) is 0 Å². The molecule has 1 heterocycles. The number of thioether (sulfide) groups is 1. The normalized spacial score (nSPS) is 11.7. The molecule has 0 saturated carbocycles. The Morgan fingerprint density at radius 2 is 2.00 bits per heavy atom. The van der Waals surface area contributed by atoms with Gasteiger partial charge in [-0.3, -0.25) is 14.9 Å². The molecule has 31 heavy (non-hydrogen) atoms. The quantitative estimate of drug-likeness (QED) is 0.301. The Hall–Kier alpha value is -3.40. The summed E-state index contributed by atoms with van der Waals surface area (Å²) in [6.07, 6.45) is 0.645. The van der Waals surface area contributed by atoms with Gasteiger partial charge in [0.25, 0.3) is 5.69 Å². The fourth-order valence-corrected chi connectivity index (χ4v) is 3.61. The largest absolute Gasteiger partial charge is 0.483 e. The number of aromatic nitrogens is 3. The number of non-ortho nitro benzene ring substituents is 1. The van der Waals surface area contributed by atoms with E-state index in [2.05, 4.69) is 22.4 Å². The van der Waals surface area contributed by atoms with Crippen molar-refractivity contribution in [1.29, 1.82) is 0 Å². The van der Waals surface area contributed by atoms with E-state index < -0.39 is 4.92 Å². The fraction of sp³-hybridized carbons (Fsp3) is 0.286. The number of nitro groups is 1. The number of nitrogens with one attached hydrogen (secondary N) is 1. The zero-order chi connectivity index (χ0) is 22.4. The number of rotatable bonds is 9. The van der Waals surface area contributed by atoms with Crippen LogP contribution in [0.1, 0.15) is 31.3 Å². The lowest BCUT2D eigenvalue weighted by atomic mass is 10.2. The third-order valence-corrected chi connectivity index (χ3v) is 5.57. The fourth-order valence-electron chi connectivity index (χ4n) is 2.89. The van der Waals surface area contributed by atoms with Crippen LogP contribution >= 0.6 is 11.8 Å². The SMILES string of the molecule is CCc1ccc(OC(C)c2nnc(SCC(=O)Nc3cccc([N+](=O)[O-])c3)n2C)cc1. The zero-order valence-electron chi connectivity index (χ0n) is 17.4. The van der Waals surface area contributed by atoms with E-state index in [1.54, 1.807) is 10.6 Å². The number of carbonyl (C=O) groups excluding carboxylic acids is 1. The van der Waals surface area contributed by atoms with Crippen LogP contribution in [0.2, 0.25) is 0 Å². The second-order valence-electron chi connectivity index (χ2n) is 6.80. The van der Waals surface area contributed by atoms with Crippen molar-refractivity contribution in [3.63, 3.8) is 0 Å². The average Bonchev–Trinajstić information content (AvgIpc) is 3.13. The summed E-state index contributed by atoms with van der Waals surface area (Å²) in [4.78, 5) is 22.6. The van der Waals surface area contributed by atoms with Crippen molar-refractivity contribution in [3.8, 4) is 5.75 Å². The van der Waals surface area contributed by atoms with Gasteiger partial charge in [0.15, 0.2) is 17.1 Å². The predicted octanol–water partition coefficient (Wildman–Crippen LogP) is 4.16. The maximum absolute atomic E-state index is 12.2. The number of amides is 1. The van der Waals surface area contributed by atoms with Gasteiger partial charge in [0.05, 0.1) is 10.7 Å². The highest BCUT2D eigenvalue weighted by Gasteiger charge is 2.18. The second-order valence-corrected chi connectivity index (χ2v) is 7.74. The van der Waals surface area contributed by atoms with Gasteiger partial charge in [0.2, 0.25) is 5.91 Å². The van der Waals surface area contributed by atoms with Crippen molar-refractivity contribution in [2.75, 3.05) is 11.1 Å². The number of nitrogens with zero attached hydrogens (tertiary/aromatic N) is 4. The molecule has 2 aromatic carbocycles. The smallest absolute Gasteiger partial charge is 0.271 e. The van der Waals surface area contributed by atoms with Crippen molar-refractivity contribution in [2.45, 2.75) is 31.5 Å². The Kier molecular flexibility index (Phi) is 7.24. The topological polar surface area (TPSA) is 112 Å². The van der Waals surface area contributed by atoms with E-state index in [1.807, 2.05) is 38.2 Å². The molecule has 162 valence electrons. The molecule has 1 amide bonds. The molecular formula is C21H23N5O4S. The molecule has 0 radical (unpaired) electrons. The molecule has 10 heteroatoms. The molecule has 3 aromatic rings. The number of benzene rings is 2. The third-order valence-electron chi connectivity index (χ3n) is 4.55. The van der Waals surface area contributed by atoms with Crippen molar-refractivity contribution < 1.29 is 14.5 Å². The molecule has 0 spiro atoms. The summed E-state index contributed by atoms with van der Waals surface area (Å²) in [5, 5.41) is 22.4. The molecular weight excluding hydrogens is 418 g/mol. The summed E-state index contributed by atoms with van der Waals surface area (Å²) in [5.74, 6) is 1.18. The minimum absolute atomic E-state index is 0.0817. The summed E-state index contributed by atoms with van der Waals surface area (Å²) < 4.78 is 7.75. The van der Waals surface area contributed by atoms with Crippen molar-refractivity contribution in [1.82, 2.24) is 14.8 Å². The molecule has 0 bridgehead atoms. The van der Waals surface area contributed by atoms with Crippen molar-refractivity contribution in [3.05, 3.63) is 70.0 Å². The van der Waals surface area contributed by atoms with Gasteiger partial charge in [-0.15, -0.1) is 10.2 Å². The molecule has 0 aliphatic rings. The first kappa shape index (κ1) is 22.3. The van der Waals surface area contributed by atoms with Crippen LogP contribution in [0.25, 0.3) is 0 Å². The molecule has 0 fully saturated rings. The number of anilines is 1. The van der Waals surface area contributed by atoms with Crippen LogP contribution in [-0.2, 0) is 18.3 Å². The maximum atomic E-state index is 12.2. The van der Waals surface area contributed by atoms with Gasteiger partial charge in [-0.05, 0) is 37.1 Å². The summed E-state index contributed by atoms with van der Waals surface area (Å²) in [6, 6.07) is 13.7. The van der Waals surface area contributed by atoms with E-state index in [0.717, 1.165) is 12.2 Å². The number of aryl methyl sites for hydroxylation is 1. The van der Waals surface area contributed by atoms with Gasteiger partial charge in [-0.2, -0.15) is 0 Å². The Morgan fingerprint density at radius 1 is 1.26 bits per heavy atom. The van der Waals surface area contributed by atoms with Crippen LogP contribution in [-0.4, -0.2) is 31.3 Å². The van der Waals surface area contributed by atoms with Gasteiger partial charge in [0.1, 0.15) is 5.75 Å². The molecule has 1 atom stereocenters. The number of hydrogen-bond acceptors (Lipinski definition) is 7. The monoisotopic (exact) mass is 441 g/mol. The van der Waals surface area contributed by atoms with Crippen LogP contribution in [0.15, 0.2) is 53.7 Å². The lowest BCUT2D eigenvalue weighted by molar-refractivity contribution is -0.384. The second kappa shape index (κ2) is 10.1. The van der Waals surface area contributed by atoms with E-state index in [-0.39, 0.29) is 23.5 Å². The van der Waals surface area contributed by atoms with E-state index in [1.165, 1.54) is 35.5 Å². The minimum Gasteiger partial charge on any atom is -0.483 e. The van der Waals surface area contributed by atoms with Gasteiger partial charge in [-0.25, -0.2) is 0 Å². The Bertz CT molecular complexity index is 1070. The molecule has 0 aliphatic carbocycles. The van der Waals surface area contributed by atoms with E-state index in [0.29, 0.717) is 16.7 Å². The molecule has 1 aromatic heterocycles. The van der Waals surface area contributed by atoms with E-state index >= 15 is 0 Å². The highest BCUT2D eigenvalue weighted by molar-refractivity contribution is 7.99. The predicted molar refractivity (Wildman–Crippen MR) is 118 cm³/mol. The summed E-state index contributed by atoms with van der Waals surface area (Å²) in [6.45, 7) is 3.99. The van der Waals surface area contributed by atoms with Crippen LogP contribution < -0.4 is 10.1 Å². The van der Waals surface area contributed by atoms with Crippen LogP contribution in [0.4, 0.5) is 11.4 Å². The average molecular weight is 442 g/mol. The molecule has 3 rings (SSSR count). The number of hydrogen-bond donors (Lipinski definition) is 1. The maximum Gasteiger partial charge on any atom is 0.271 e. The summed E-state index contributed by atoms with van der Waals surface area (Å²) in [7, 11) is 1.82. The molecule has 0 saturated heterocycles. The van der Waals surface area contributed by atoms with Crippen LogP contribution in [0, 0.1) is 10.1 Å². The van der Waals surface area contributed by atoms with E-state index in [4.69, 9.17) is 4.74 Å². The molecule has 1 N–H and O–H groups in total. The van der Waals surface area contributed by atoms with Gasteiger partial charge >= 0.3 is 0 Å². The standard InChI is InChI=1S/C21H23N5O4S/c1-4-15-8-10-18(11-9-15)30-14(2)20-23-24-21(25(20)3)31-13-19(27)22-16-6-5-7-17(12-16)26(28)29/h5-12,14H,4,13H2,1-3H3,(H,22,27). The Labute approximate surface area is 184 Å². The lowest BCUT2D eigenvalue weighted by Crippen LogP contribution is -2.15. The molecule has 1 unspecified atom stereocenters. The molecule has 0 aliphatic heterocycles. The molecule has 9 nitrogen and oxygen atoms in total. The van der Waals surface area contributed by atoms with Crippen molar-refractivity contribution in [2.24, 2.45) is 7.05 Å². The lowest BCUT2D eigenvalue weighted by Gasteiger charge is -2.14. The number of ether oxygens (including phenoxy) is 1. The summed E-state index contributed by atoms with van der Waals surface area (Å²) in [5.41, 5.74) is 1.53. The Balaban J connectivity index is 1.57. The van der Waals surface area contributed by atoms with Gasteiger partial charge in [0, 0.05) is 24.9 Å². The first-order valence-electron chi connectivity index (χ1n) is 9.69. The zero-order valence-corrected chi connectivity index (χ0v) is 18.3. The highest BCUT2D eigenvalue weighted by Crippen LogP contribution is 2.24. The van der Waals surface area contributed by atoms with E-state index in [9.17, 15) is 14.9 Å². The third kappa shape index (κ3) is 5.82. The Morgan fingerprint density at radius 3 is 2.68 bits per heavy atom. The van der Waals surface area contributed by atoms with Crippen LogP contribution in [0.5, 0.6) is 5.75 Å². The summed E-state index contributed by atoms with van der Waals surface area (Å²) >= 11 is 1.22. The van der Waals surface area contributed by atoms with Gasteiger partial charge in [-0.1, -0.05) is 36.9 Å². The van der Waals surface area contributed by atoms with Crippen molar-refractivity contribution >= 4 is 29.0 Å².